The summed E-state index contributed by atoms with van der Waals surface area (Å²) in [6, 6.07) is 3.30. The Morgan fingerprint density at radius 3 is 2.65 bits per heavy atom. The number of halogens is 2. The molecule has 0 aliphatic heterocycles. The molecular weight excluding hydrogens is 347 g/mol. The highest BCUT2D eigenvalue weighted by Crippen LogP contribution is 2.22. The van der Waals surface area contributed by atoms with E-state index in [0.29, 0.717) is 0 Å². The molecule has 0 amide bonds. The van der Waals surface area contributed by atoms with Gasteiger partial charge in [0.2, 0.25) is 10.0 Å². The molecule has 3 N–H and O–H groups in total. The van der Waals surface area contributed by atoms with Crippen LogP contribution in [0.1, 0.15) is 32.1 Å². The molecule has 20 heavy (non-hydrogen) atoms. The van der Waals surface area contributed by atoms with Gasteiger partial charge in [-0.05, 0) is 47.0 Å². The van der Waals surface area contributed by atoms with E-state index in [1.165, 1.54) is 12.1 Å². The second kappa shape index (κ2) is 6.51. The molecule has 112 valence electrons. The summed E-state index contributed by atoms with van der Waals surface area (Å²) < 4.78 is 40.9. The minimum absolute atomic E-state index is 0.0744. The van der Waals surface area contributed by atoms with Crippen LogP contribution in [0.3, 0.4) is 0 Å². The quantitative estimate of drug-likeness (QED) is 0.809. The van der Waals surface area contributed by atoms with E-state index in [2.05, 4.69) is 20.7 Å². The van der Waals surface area contributed by atoms with Crippen molar-refractivity contribution in [2.24, 2.45) is 5.73 Å². The molecule has 0 heterocycles. The van der Waals surface area contributed by atoms with Crippen LogP contribution in [0.15, 0.2) is 27.6 Å². The molecule has 4 nitrogen and oxygen atoms in total. The average Bonchev–Trinajstić information content (AvgIpc) is 2.58. The Balaban J connectivity index is 2.19. The summed E-state index contributed by atoms with van der Waals surface area (Å²) in [6.45, 7) is 0. The van der Waals surface area contributed by atoms with Crippen LogP contribution in [-0.2, 0) is 10.0 Å². The Kier molecular flexibility index (Phi) is 5.17. The first-order valence-electron chi connectivity index (χ1n) is 6.63. The fourth-order valence-corrected chi connectivity index (χ4v) is 3.97. The second-order valence-electron chi connectivity index (χ2n) is 5.11. The number of sulfonamides is 1. The molecule has 1 fully saturated rings. The van der Waals surface area contributed by atoms with Gasteiger partial charge in [0.25, 0.3) is 0 Å². The molecule has 7 heteroatoms. The standard InChI is InChI=1S/C13H18BrFN2O2S/c14-10-7-6-9(8-11(10)15)20(18,19)17-13-5-3-1-2-4-12(13)16/h6-8,12-13,17H,1-5,16H2. The molecule has 1 saturated carbocycles. The minimum atomic E-state index is -3.74. The van der Waals surface area contributed by atoms with Gasteiger partial charge in [0.05, 0.1) is 9.37 Å². The fourth-order valence-electron chi connectivity index (χ4n) is 2.39. The van der Waals surface area contributed by atoms with E-state index >= 15 is 0 Å². The molecule has 2 atom stereocenters. The first-order valence-corrected chi connectivity index (χ1v) is 8.91. The van der Waals surface area contributed by atoms with Crippen molar-refractivity contribution in [3.63, 3.8) is 0 Å². The lowest BCUT2D eigenvalue weighted by Gasteiger charge is -2.22. The number of hydrogen-bond donors (Lipinski definition) is 2. The predicted octanol–water partition coefficient (Wildman–Crippen LogP) is 2.53. The highest BCUT2D eigenvalue weighted by molar-refractivity contribution is 9.10. The molecule has 1 aromatic carbocycles. The summed E-state index contributed by atoms with van der Waals surface area (Å²) in [7, 11) is -3.74. The lowest BCUT2D eigenvalue weighted by molar-refractivity contribution is 0.456. The topological polar surface area (TPSA) is 72.2 Å². The van der Waals surface area contributed by atoms with Gasteiger partial charge in [0.1, 0.15) is 5.82 Å². The Morgan fingerprint density at radius 2 is 1.95 bits per heavy atom. The molecule has 0 spiro atoms. The molecule has 1 aliphatic rings. The van der Waals surface area contributed by atoms with Gasteiger partial charge >= 0.3 is 0 Å². The molecule has 0 radical (unpaired) electrons. The van der Waals surface area contributed by atoms with E-state index < -0.39 is 15.8 Å². The molecule has 0 saturated heterocycles. The zero-order valence-electron chi connectivity index (χ0n) is 11.0. The summed E-state index contributed by atoms with van der Waals surface area (Å²) in [4.78, 5) is -0.0744. The van der Waals surface area contributed by atoms with Crippen LogP contribution in [0.4, 0.5) is 4.39 Å². The van der Waals surface area contributed by atoms with Crippen LogP contribution in [0, 0.1) is 5.82 Å². The third-order valence-electron chi connectivity index (χ3n) is 3.58. The number of benzene rings is 1. The number of hydrogen-bond acceptors (Lipinski definition) is 3. The van der Waals surface area contributed by atoms with Crippen molar-refractivity contribution in [3.05, 3.63) is 28.5 Å². The molecule has 1 aliphatic carbocycles. The van der Waals surface area contributed by atoms with Crippen molar-refractivity contribution >= 4 is 26.0 Å². The van der Waals surface area contributed by atoms with Crippen LogP contribution in [-0.4, -0.2) is 20.5 Å². The van der Waals surface area contributed by atoms with Gasteiger partial charge in [-0.1, -0.05) is 19.3 Å². The normalized spacial score (nSPS) is 24.4. The molecular formula is C13H18BrFN2O2S. The molecule has 2 unspecified atom stereocenters. The van der Waals surface area contributed by atoms with Crippen LogP contribution in [0.5, 0.6) is 0 Å². The maximum atomic E-state index is 13.5. The van der Waals surface area contributed by atoms with Crippen LogP contribution in [0.2, 0.25) is 0 Å². The minimum Gasteiger partial charge on any atom is -0.326 e. The van der Waals surface area contributed by atoms with Crippen LogP contribution < -0.4 is 10.5 Å². The highest BCUT2D eigenvalue weighted by atomic mass is 79.9. The third kappa shape index (κ3) is 3.78. The van der Waals surface area contributed by atoms with E-state index in [1.807, 2.05) is 0 Å². The second-order valence-corrected chi connectivity index (χ2v) is 7.67. The van der Waals surface area contributed by atoms with Crippen molar-refractivity contribution in [3.8, 4) is 0 Å². The van der Waals surface area contributed by atoms with Gasteiger partial charge in [-0.2, -0.15) is 0 Å². The summed E-state index contributed by atoms with van der Waals surface area (Å²) >= 11 is 3.00. The van der Waals surface area contributed by atoms with E-state index in [4.69, 9.17) is 5.73 Å². The first kappa shape index (κ1) is 15.9. The fraction of sp³-hybridized carbons (Fsp3) is 0.538. The maximum Gasteiger partial charge on any atom is 0.240 e. The Labute approximate surface area is 127 Å². The van der Waals surface area contributed by atoms with E-state index in [-0.39, 0.29) is 21.5 Å². The summed E-state index contributed by atoms with van der Waals surface area (Å²) in [6.07, 6.45) is 4.57. The lowest BCUT2D eigenvalue weighted by Crippen LogP contribution is -2.46. The van der Waals surface area contributed by atoms with Gasteiger partial charge in [-0.25, -0.2) is 17.5 Å². The summed E-state index contributed by atoms with van der Waals surface area (Å²) in [5.41, 5.74) is 6.01. The predicted molar refractivity (Wildman–Crippen MR) is 79.3 cm³/mol. The molecule has 1 aromatic rings. The SMILES string of the molecule is NC1CCCCCC1NS(=O)(=O)c1ccc(Br)c(F)c1. The van der Waals surface area contributed by atoms with Gasteiger partial charge < -0.3 is 5.73 Å². The van der Waals surface area contributed by atoms with Crippen molar-refractivity contribution in [1.82, 2.24) is 4.72 Å². The van der Waals surface area contributed by atoms with Crippen molar-refractivity contribution in [2.45, 2.75) is 49.1 Å². The molecule has 2 rings (SSSR count). The van der Waals surface area contributed by atoms with Gasteiger partial charge in [-0.15, -0.1) is 0 Å². The van der Waals surface area contributed by atoms with Gasteiger partial charge in [0.15, 0.2) is 0 Å². The Bertz CT molecular complexity index is 580. The zero-order valence-corrected chi connectivity index (χ0v) is 13.4. The monoisotopic (exact) mass is 364 g/mol. The van der Waals surface area contributed by atoms with Crippen LogP contribution in [0.25, 0.3) is 0 Å². The first-order chi connectivity index (χ1) is 9.40. The van der Waals surface area contributed by atoms with Crippen molar-refractivity contribution < 1.29 is 12.8 Å². The van der Waals surface area contributed by atoms with Gasteiger partial charge in [0, 0.05) is 12.1 Å². The van der Waals surface area contributed by atoms with E-state index in [1.54, 1.807) is 0 Å². The van der Waals surface area contributed by atoms with Crippen molar-refractivity contribution in [1.29, 1.82) is 0 Å². The summed E-state index contributed by atoms with van der Waals surface area (Å²) in [5.74, 6) is -0.599. The lowest BCUT2D eigenvalue weighted by atomic mass is 10.1. The third-order valence-corrected chi connectivity index (χ3v) is 5.71. The average molecular weight is 365 g/mol. The Morgan fingerprint density at radius 1 is 1.25 bits per heavy atom. The number of nitrogens with one attached hydrogen (secondary N) is 1. The maximum absolute atomic E-state index is 13.5. The summed E-state index contributed by atoms with van der Waals surface area (Å²) in [5, 5.41) is 0. The smallest absolute Gasteiger partial charge is 0.240 e. The molecule has 0 bridgehead atoms. The zero-order chi connectivity index (χ0) is 14.8. The molecule has 0 aromatic heterocycles. The highest BCUT2D eigenvalue weighted by Gasteiger charge is 2.26. The number of rotatable bonds is 3. The Hall–Kier alpha value is -0.500. The number of nitrogens with two attached hydrogens (primary N) is 1. The largest absolute Gasteiger partial charge is 0.326 e. The van der Waals surface area contributed by atoms with Gasteiger partial charge in [-0.3, -0.25) is 0 Å². The van der Waals surface area contributed by atoms with E-state index in [0.717, 1.165) is 38.2 Å². The van der Waals surface area contributed by atoms with Crippen molar-refractivity contribution in [2.75, 3.05) is 0 Å². The van der Waals surface area contributed by atoms with E-state index in [9.17, 15) is 12.8 Å². The van der Waals surface area contributed by atoms with Crippen LogP contribution >= 0.6 is 15.9 Å².